The second-order valence-corrected chi connectivity index (χ2v) is 12.3. The van der Waals surface area contributed by atoms with Gasteiger partial charge in [-0.1, -0.05) is 11.3 Å². The molecule has 2 aromatic carbocycles. The fourth-order valence-corrected chi connectivity index (χ4v) is 6.91. The Kier molecular flexibility index (Phi) is 9.01. The van der Waals surface area contributed by atoms with Gasteiger partial charge in [-0.05, 0) is 37.6 Å². The Hall–Kier alpha value is -4.03. The largest absolute Gasteiger partial charge is 0.462 e. The first kappa shape index (κ1) is 32.9. The molecule has 2 saturated heterocycles. The molecule has 0 aliphatic carbocycles. The maximum Gasteiger partial charge on any atom is 0.417 e. The van der Waals surface area contributed by atoms with Crippen molar-refractivity contribution in [3.63, 3.8) is 0 Å². The highest BCUT2D eigenvalue weighted by atomic mass is 32.1. The number of thiazole rings is 1. The highest BCUT2D eigenvalue weighted by molar-refractivity contribution is 7.22. The van der Waals surface area contributed by atoms with Crippen molar-refractivity contribution in [1.29, 1.82) is 0 Å². The normalized spacial score (nSPS) is 17.9. The number of ether oxygens (including phenoxy) is 1. The molecule has 0 bridgehead atoms. The molecule has 0 radical (unpaired) electrons. The summed E-state index contributed by atoms with van der Waals surface area (Å²) in [5.41, 5.74) is 7.85. The number of carbonyl (C=O) groups is 1. The van der Waals surface area contributed by atoms with E-state index in [0.717, 1.165) is 18.2 Å². The average Bonchev–Trinajstić information content (AvgIpc) is 3.65. The molecular weight excluding hydrogens is 657 g/mol. The van der Waals surface area contributed by atoms with Gasteiger partial charge in [0, 0.05) is 48.7 Å². The summed E-state index contributed by atoms with van der Waals surface area (Å²) in [6, 6.07) is 1.86. The molecule has 2 aliphatic heterocycles. The number of hydrogen-bond donors (Lipinski definition) is 2. The standard InChI is InChI=1S/C29H29F7N8O2S/c30-18-4-3-15(24-25(18)47-27(38)39-24)21-17(29(34,35)36)10-16-23(22(21)33)40-28(46-13-14-2-1-5-44(14)12-19(31)32)41-26(16)43-8-6-42(7-9-43)20(45)11-37/h3-4,10,14,19H,1-2,5-9,11-13,37H2,(H2,38,39). The Balaban J connectivity index is 1.50. The fraction of sp³-hybridized carbons (Fsp3) is 0.448. The second-order valence-electron chi connectivity index (χ2n) is 11.2. The Morgan fingerprint density at radius 3 is 2.49 bits per heavy atom. The van der Waals surface area contributed by atoms with E-state index in [2.05, 4.69) is 15.0 Å². The van der Waals surface area contributed by atoms with Crippen LogP contribution in [0.4, 0.5) is 41.7 Å². The van der Waals surface area contributed by atoms with Gasteiger partial charge in [0.15, 0.2) is 10.9 Å². The van der Waals surface area contributed by atoms with Crippen molar-refractivity contribution in [2.45, 2.75) is 31.5 Å². The van der Waals surface area contributed by atoms with Crippen molar-refractivity contribution in [3.05, 3.63) is 35.4 Å². The minimum absolute atomic E-state index is 0.0705. The number of alkyl halides is 5. The van der Waals surface area contributed by atoms with Crippen LogP contribution in [0, 0.1) is 11.6 Å². The van der Waals surface area contributed by atoms with Crippen LogP contribution in [-0.2, 0) is 11.0 Å². The lowest BCUT2D eigenvalue weighted by Crippen LogP contribution is -2.50. The molecule has 4 heterocycles. The summed E-state index contributed by atoms with van der Waals surface area (Å²) < 4.78 is 107. The van der Waals surface area contributed by atoms with Crippen LogP contribution in [0.1, 0.15) is 18.4 Å². The van der Waals surface area contributed by atoms with E-state index in [-0.39, 0.29) is 83.4 Å². The number of rotatable bonds is 8. The lowest BCUT2D eigenvalue weighted by Gasteiger charge is -2.36. The molecule has 1 amide bonds. The molecule has 252 valence electrons. The number of carbonyl (C=O) groups excluding carboxylic acids is 1. The van der Waals surface area contributed by atoms with Gasteiger partial charge in [-0.2, -0.15) is 23.1 Å². The van der Waals surface area contributed by atoms with Gasteiger partial charge < -0.3 is 26.0 Å². The number of halogens is 7. The predicted molar refractivity (Wildman–Crippen MR) is 161 cm³/mol. The molecule has 2 aromatic heterocycles. The topological polar surface area (TPSA) is 127 Å². The van der Waals surface area contributed by atoms with E-state index >= 15 is 4.39 Å². The highest BCUT2D eigenvalue weighted by Gasteiger charge is 2.39. The van der Waals surface area contributed by atoms with E-state index in [4.69, 9.17) is 16.2 Å². The van der Waals surface area contributed by atoms with Crippen LogP contribution < -0.4 is 21.1 Å². The summed E-state index contributed by atoms with van der Waals surface area (Å²) in [6.07, 6.45) is -6.44. The first-order valence-electron chi connectivity index (χ1n) is 14.7. The maximum atomic E-state index is 16.7. The predicted octanol–water partition coefficient (Wildman–Crippen LogP) is 4.50. The van der Waals surface area contributed by atoms with Gasteiger partial charge in [0.1, 0.15) is 23.8 Å². The smallest absolute Gasteiger partial charge is 0.417 e. The minimum Gasteiger partial charge on any atom is -0.462 e. The van der Waals surface area contributed by atoms with Crippen molar-refractivity contribution in [2.24, 2.45) is 5.73 Å². The Morgan fingerprint density at radius 2 is 1.81 bits per heavy atom. The second kappa shape index (κ2) is 12.9. The minimum atomic E-state index is -5.08. The lowest BCUT2D eigenvalue weighted by atomic mass is 9.95. The number of amides is 1. The fourth-order valence-electron chi connectivity index (χ4n) is 6.15. The van der Waals surface area contributed by atoms with Gasteiger partial charge in [-0.25, -0.2) is 22.5 Å². The number of likely N-dealkylation sites (tertiary alicyclic amines) is 1. The lowest BCUT2D eigenvalue weighted by molar-refractivity contribution is -0.137. The number of hydrogen-bond acceptors (Lipinski definition) is 10. The molecule has 4 aromatic rings. The number of anilines is 2. The summed E-state index contributed by atoms with van der Waals surface area (Å²) in [4.78, 5) is 29.3. The maximum absolute atomic E-state index is 16.7. The first-order chi connectivity index (χ1) is 22.3. The van der Waals surface area contributed by atoms with E-state index in [1.54, 1.807) is 9.80 Å². The zero-order valence-electron chi connectivity index (χ0n) is 24.7. The van der Waals surface area contributed by atoms with E-state index in [9.17, 15) is 31.1 Å². The van der Waals surface area contributed by atoms with Crippen LogP contribution in [0.2, 0.25) is 0 Å². The van der Waals surface area contributed by atoms with Gasteiger partial charge in [0.2, 0.25) is 5.91 Å². The summed E-state index contributed by atoms with van der Waals surface area (Å²) in [5.74, 6) is -2.54. The number of fused-ring (bicyclic) bond motifs is 2. The zero-order chi connectivity index (χ0) is 33.6. The Bertz CT molecular complexity index is 1810. The summed E-state index contributed by atoms with van der Waals surface area (Å²) >= 11 is 0.709. The van der Waals surface area contributed by atoms with E-state index < -0.39 is 53.5 Å². The number of aromatic nitrogens is 3. The monoisotopic (exact) mass is 686 g/mol. The van der Waals surface area contributed by atoms with E-state index in [0.29, 0.717) is 30.7 Å². The molecule has 10 nitrogen and oxygen atoms in total. The SMILES string of the molecule is NCC(=O)N1CCN(c2nc(OCC3CCCN3CC(F)F)nc3c(F)c(-c4ccc(F)c5sc(N)nc45)c(C(F)(F)F)cc23)CC1. The third kappa shape index (κ3) is 6.45. The van der Waals surface area contributed by atoms with E-state index in [1.165, 1.54) is 4.90 Å². The summed E-state index contributed by atoms with van der Waals surface area (Å²) in [5, 5.41) is -0.401. The highest BCUT2D eigenvalue weighted by Crippen LogP contribution is 2.46. The zero-order valence-corrected chi connectivity index (χ0v) is 25.5. The van der Waals surface area contributed by atoms with E-state index in [1.807, 2.05) is 0 Å². The molecule has 6 rings (SSSR count). The Morgan fingerprint density at radius 1 is 1.06 bits per heavy atom. The van der Waals surface area contributed by atoms with Gasteiger partial charge >= 0.3 is 12.2 Å². The van der Waals surface area contributed by atoms with Crippen LogP contribution in [0.25, 0.3) is 32.2 Å². The third-order valence-electron chi connectivity index (χ3n) is 8.36. The van der Waals surface area contributed by atoms with Crippen molar-refractivity contribution >= 4 is 49.3 Å². The molecule has 2 fully saturated rings. The number of piperazine rings is 1. The van der Waals surface area contributed by atoms with Gasteiger partial charge in [0.25, 0.3) is 6.43 Å². The third-order valence-corrected chi connectivity index (χ3v) is 9.25. The molecule has 47 heavy (non-hydrogen) atoms. The number of nitrogens with two attached hydrogens (primary N) is 2. The van der Waals surface area contributed by atoms with Gasteiger partial charge in [-0.3, -0.25) is 9.69 Å². The number of benzene rings is 2. The van der Waals surface area contributed by atoms with Crippen molar-refractivity contribution in [2.75, 3.05) is 63.1 Å². The molecule has 2 aliphatic rings. The van der Waals surface area contributed by atoms with Crippen molar-refractivity contribution in [1.82, 2.24) is 24.8 Å². The molecule has 0 spiro atoms. The molecule has 1 atom stereocenters. The van der Waals surface area contributed by atoms with Gasteiger partial charge in [0.05, 0.1) is 28.9 Å². The van der Waals surface area contributed by atoms with Crippen LogP contribution in [0.15, 0.2) is 18.2 Å². The molecule has 18 heteroatoms. The molecule has 4 N–H and O–H groups in total. The molecule has 1 unspecified atom stereocenters. The van der Waals surface area contributed by atoms with Crippen LogP contribution in [-0.4, -0.2) is 95.5 Å². The number of nitrogens with zero attached hydrogens (tertiary/aromatic N) is 6. The van der Waals surface area contributed by atoms with Gasteiger partial charge in [-0.15, -0.1) is 0 Å². The average molecular weight is 687 g/mol. The number of nitrogen functional groups attached to an aromatic ring is 1. The van der Waals surface area contributed by atoms with Crippen LogP contribution in [0.3, 0.4) is 0 Å². The summed E-state index contributed by atoms with van der Waals surface area (Å²) in [7, 11) is 0. The quantitative estimate of drug-likeness (QED) is 0.258. The molecular formula is C29H29F7N8O2S. The first-order valence-corrected chi connectivity index (χ1v) is 15.5. The molecule has 0 saturated carbocycles. The van der Waals surface area contributed by atoms with Crippen LogP contribution >= 0.6 is 11.3 Å². The van der Waals surface area contributed by atoms with Crippen molar-refractivity contribution < 1.29 is 40.3 Å². The Labute approximate surface area is 267 Å². The van der Waals surface area contributed by atoms with Crippen molar-refractivity contribution in [3.8, 4) is 17.1 Å². The summed E-state index contributed by atoms with van der Waals surface area (Å²) in [6.45, 7) is 0.230. The van der Waals surface area contributed by atoms with Crippen LogP contribution in [0.5, 0.6) is 6.01 Å².